The van der Waals surface area contributed by atoms with Crippen LogP contribution in [-0.2, 0) is 11.3 Å². The van der Waals surface area contributed by atoms with E-state index in [1.165, 1.54) is 12.3 Å². The van der Waals surface area contributed by atoms with Crippen LogP contribution in [0.2, 0.25) is 0 Å². The van der Waals surface area contributed by atoms with Gasteiger partial charge in [0.25, 0.3) is 6.01 Å². The second-order valence-electron chi connectivity index (χ2n) is 4.10. The molecule has 0 radical (unpaired) electrons. The Balaban J connectivity index is 1.99. The first-order chi connectivity index (χ1) is 10.0. The molecule has 2 rings (SSSR count). The molecule has 2 aromatic heterocycles. The summed E-state index contributed by atoms with van der Waals surface area (Å²) in [6.45, 7) is 3.68. The molecule has 112 valence electrons. The zero-order chi connectivity index (χ0) is 15.4. The molecule has 0 fully saturated rings. The number of esters is 1. The van der Waals surface area contributed by atoms with Gasteiger partial charge in [-0.25, -0.2) is 9.59 Å². The fourth-order valence-electron chi connectivity index (χ4n) is 1.66. The molecule has 0 bridgehead atoms. The fraction of sp³-hybridized carbons (Fsp3) is 0.308. The molecule has 0 aliphatic carbocycles. The average Bonchev–Trinajstić information content (AvgIpc) is 3.03. The van der Waals surface area contributed by atoms with E-state index in [4.69, 9.17) is 18.7 Å². The lowest BCUT2D eigenvalue weighted by Gasteiger charge is -1.97. The highest BCUT2D eigenvalue weighted by Crippen LogP contribution is 2.16. The number of carboxylic acid groups (broad SMARTS) is 1. The molecular formula is C13H14N2O6. The number of nitrogens with zero attached hydrogens (tertiary/aromatic N) is 1. The maximum atomic E-state index is 11.4. The molecule has 0 aliphatic rings. The monoisotopic (exact) mass is 294 g/mol. The van der Waals surface area contributed by atoms with Crippen molar-refractivity contribution in [1.29, 1.82) is 0 Å². The molecule has 8 nitrogen and oxygen atoms in total. The van der Waals surface area contributed by atoms with E-state index in [1.807, 2.05) is 0 Å². The number of hydrogen-bond acceptors (Lipinski definition) is 7. The Bertz CT molecular complexity index is 657. The van der Waals surface area contributed by atoms with Gasteiger partial charge in [0.2, 0.25) is 0 Å². The van der Waals surface area contributed by atoms with E-state index in [9.17, 15) is 9.59 Å². The van der Waals surface area contributed by atoms with Crippen molar-refractivity contribution < 1.29 is 28.3 Å². The second-order valence-corrected chi connectivity index (χ2v) is 4.10. The van der Waals surface area contributed by atoms with Crippen molar-refractivity contribution >= 4 is 18.0 Å². The van der Waals surface area contributed by atoms with Gasteiger partial charge in [-0.3, -0.25) is 0 Å². The number of oxazole rings is 1. The molecular weight excluding hydrogens is 280 g/mol. The van der Waals surface area contributed by atoms with Gasteiger partial charge in [-0.05, 0) is 19.9 Å². The molecule has 2 N–H and O–H groups in total. The normalized spacial score (nSPS) is 10.4. The summed E-state index contributed by atoms with van der Waals surface area (Å²) in [5.41, 5.74) is 0.160. The van der Waals surface area contributed by atoms with Crippen molar-refractivity contribution in [2.45, 2.75) is 20.4 Å². The van der Waals surface area contributed by atoms with Gasteiger partial charge >= 0.3 is 11.9 Å². The van der Waals surface area contributed by atoms with Crippen molar-refractivity contribution in [3.8, 4) is 0 Å². The quantitative estimate of drug-likeness (QED) is 0.778. The number of nitrogens with one attached hydrogen (secondary N) is 1. The number of carboxylic acids is 1. The number of carbonyl (C=O) groups excluding carboxylic acids is 1. The average molecular weight is 294 g/mol. The minimum atomic E-state index is -1.05. The van der Waals surface area contributed by atoms with Gasteiger partial charge < -0.3 is 24.0 Å². The summed E-state index contributed by atoms with van der Waals surface area (Å²) in [4.78, 5) is 26.2. The summed E-state index contributed by atoms with van der Waals surface area (Å²) in [5.74, 6) is -0.890. The highest BCUT2D eigenvalue weighted by atomic mass is 16.5. The lowest BCUT2D eigenvalue weighted by atomic mass is 10.2. The maximum absolute atomic E-state index is 11.4. The second kappa shape index (κ2) is 6.12. The Morgan fingerprint density at radius 1 is 1.48 bits per heavy atom. The van der Waals surface area contributed by atoms with Crippen LogP contribution in [0.25, 0.3) is 0 Å². The van der Waals surface area contributed by atoms with Crippen LogP contribution in [0.4, 0.5) is 6.01 Å². The Morgan fingerprint density at radius 3 is 2.86 bits per heavy atom. The van der Waals surface area contributed by atoms with Gasteiger partial charge in [0, 0.05) is 0 Å². The number of aromatic nitrogens is 1. The molecule has 2 aromatic rings. The number of aryl methyl sites for hydroxylation is 1. The van der Waals surface area contributed by atoms with Crippen LogP contribution in [0, 0.1) is 6.92 Å². The van der Waals surface area contributed by atoms with E-state index < -0.39 is 11.9 Å². The predicted octanol–water partition coefficient (Wildman–Crippen LogP) is 2.06. The van der Waals surface area contributed by atoms with Crippen molar-refractivity contribution in [2.75, 3.05) is 11.9 Å². The van der Waals surface area contributed by atoms with Crippen LogP contribution in [0.3, 0.4) is 0 Å². The summed E-state index contributed by atoms with van der Waals surface area (Å²) in [5, 5.41) is 11.7. The van der Waals surface area contributed by atoms with Gasteiger partial charge in [0.1, 0.15) is 23.3 Å². The zero-order valence-electron chi connectivity index (χ0n) is 11.5. The van der Waals surface area contributed by atoms with Crippen molar-refractivity contribution in [3.05, 3.63) is 35.1 Å². The smallest absolute Gasteiger partial charge is 0.360 e. The molecule has 21 heavy (non-hydrogen) atoms. The highest BCUT2D eigenvalue weighted by molar-refractivity contribution is 5.88. The number of aromatic carboxylic acids is 1. The number of ether oxygens (including phenoxy) is 1. The summed E-state index contributed by atoms with van der Waals surface area (Å²) in [6.07, 6.45) is 1.18. The first kappa shape index (κ1) is 14.6. The molecule has 0 unspecified atom stereocenters. The van der Waals surface area contributed by atoms with Crippen molar-refractivity contribution in [2.24, 2.45) is 0 Å². The maximum Gasteiger partial charge on any atom is 0.360 e. The number of rotatable bonds is 6. The third-order valence-electron chi connectivity index (χ3n) is 2.60. The minimum Gasteiger partial charge on any atom is -0.478 e. The minimum absolute atomic E-state index is 0.0567. The zero-order valence-corrected chi connectivity index (χ0v) is 11.5. The van der Waals surface area contributed by atoms with E-state index in [-0.39, 0.29) is 30.4 Å². The molecule has 0 amide bonds. The lowest BCUT2D eigenvalue weighted by molar-refractivity contribution is 0.0519. The van der Waals surface area contributed by atoms with Crippen LogP contribution in [-0.4, -0.2) is 28.6 Å². The van der Waals surface area contributed by atoms with Gasteiger partial charge in [-0.2, -0.15) is 4.98 Å². The summed E-state index contributed by atoms with van der Waals surface area (Å²) in [7, 11) is 0. The van der Waals surface area contributed by atoms with Gasteiger partial charge in [-0.1, -0.05) is 0 Å². The topological polar surface area (TPSA) is 115 Å². The third-order valence-corrected chi connectivity index (χ3v) is 2.60. The standard InChI is InChI=1S/C13H14N2O6/c1-3-19-12(18)10-6-20-13(15-10)14-5-8-4-9(11(16)17)7(2)21-8/h4,6H,3,5H2,1-2H3,(H,14,15)(H,16,17). The molecule has 0 aromatic carbocycles. The van der Waals surface area contributed by atoms with Crippen LogP contribution in [0.15, 0.2) is 21.2 Å². The first-order valence-electron chi connectivity index (χ1n) is 6.20. The molecule has 0 aliphatic heterocycles. The summed E-state index contributed by atoms with van der Waals surface area (Å²) >= 11 is 0. The molecule has 8 heteroatoms. The van der Waals surface area contributed by atoms with Gasteiger partial charge in [0.15, 0.2) is 5.69 Å². The van der Waals surface area contributed by atoms with Gasteiger partial charge in [-0.15, -0.1) is 0 Å². The van der Waals surface area contributed by atoms with Crippen LogP contribution >= 0.6 is 0 Å². The Hall–Kier alpha value is -2.77. The molecule has 0 saturated carbocycles. The Labute approximate surface area is 119 Å². The molecule has 2 heterocycles. The SMILES string of the molecule is CCOC(=O)c1coc(NCc2cc(C(=O)O)c(C)o2)n1. The number of furan rings is 1. The van der Waals surface area contributed by atoms with E-state index in [1.54, 1.807) is 13.8 Å². The van der Waals surface area contributed by atoms with Crippen molar-refractivity contribution in [3.63, 3.8) is 0 Å². The summed E-state index contributed by atoms with van der Waals surface area (Å²) in [6, 6.07) is 1.53. The predicted molar refractivity (Wildman–Crippen MR) is 70.2 cm³/mol. The number of hydrogen-bond donors (Lipinski definition) is 2. The highest BCUT2D eigenvalue weighted by Gasteiger charge is 2.15. The van der Waals surface area contributed by atoms with E-state index in [0.29, 0.717) is 11.5 Å². The Morgan fingerprint density at radius 2 is 2.24 bits per heavy atom. The molecule has 0 saturated heterocycles. The Kier molecular flexibility index (Phi) is 4.27. The van der Waals surface area contributed by atoms with Crippen LogP contribution in [0.1, 0.15) is 39.3 Å². The van der Waals surface area contributed by atoms with E-state index >= 15 is 0 Å². The number of anilines is 1. The van der Waals surface area contributed by atoms with E-state index in [2.05, 4.69) is 10.3 Å². The van der Waals surface area contributed by atoms with Crippen LogP contribution < -0.4 is 5.32 Å². The van der Waals surface area contributed by atoms with Crippen molar-refractivity contribution in [1.82, 2.24) is 4.98 Å². The largest absolute Gasteiger partial charge is 0.478 e. The van der Waals surface area contributed by atoms with Gasteiger partial charge in [0.05, 0.1) is 13.2 Å². The fourth-order valence-corrected chi connectivity index (χ4v) is 1.66. The lowest BCUT2D eigenvalue weighted by Crippen LogP contribution is -2.05. The summed E-state index contributed by atoms with van der Waals surface area (Å²) < 4.78 is 15.1. The number of carbonyl (C=O) groups is 2. The van der Waals surface area contributed by atoms with Crippen LogP contribution in [0.5, 0.6) is 0 Å². The third kappa shape index (κ3) is 3.41. The van der Waals surface area contributed by atoms with E-state index in [0.717, 1.165) is 0 Å². The first-order valence-corrected chi connectivity index (χ1v) is 6.20. The molecule has 0 spiro atoms. The molecule has 0 atom stereocenters.